The van der Waals surface area contributed by atoms with Crippen molar-refractivity contribution < 1.29 is 19.8 Å². The zero-order valence-electron chi connectivity index (χ0n) is 14.9. The molecule has 1 aromatic rings. The Balaban J connectivity index is 0.000000438. The van der Waals surface area contributed by atoms with Crippen molar-refractivity contribution >= 4 is 11.7 Å². The Labute approximate surface area is 138 Å². The van der Waals surface area contributed by atoms with Crippen molar-refractivity contribution in [1.29, 1.82) is 0 Å². The number of Topliss-reactive ketones (excluding diaryl/α,β-unsaturated/α-hetero) is 1. The van der Waals surface area contributed by atoms with Gasteiger partial charge in [0.2, 0.25) is 0 Å². The molecule has 1 rings (SSSR count). The van der Waals surface area contributed by atoms with E-state index in [0.717, 1.165) is 0 Å². The largest absolute Gasteiger partial charge is 0.385 e. The van der Waals surface area contributed by atoms with Crippen molar-refractivity contribution in [2.75, 3.05) is 14.1 Å². The van der Waals surface area contributed by atoms with Gasteiger partial charge in [-0.25, -0.2) is 0 Å². The van der Waals surface area contributed by atoms with E-state index >= 15 is 0 Å². The first-order valence-corrected chi connectivity index (χ1v) is 7.76. The van der Waals surface area contributed by atoms with Gasteiger partial charge in [0, 0.05) is 19.7 Å². The number of hydrogen-bond acceptors (Lipinski definition) is 4. The lowest BCUT2D eigenvalue weighted by Crippen LogP contribution is -2.36. The fraction of sp³-hybridized carbons (Fsp3) is 0.556. The topological polar surface area (TPSA) is 77.8 Å². The molecular weight excluding hydrogens is 294 g/mol. The molecule has 2 atom stereocenters. The molecule has 23 heavy (non-hydrogen) atoms. The van der Waals surface area contributed by atoms with E-state index in [9.17, 15) is 19.8 Å². The van der Waals surface area contributed by atoms with E-state index in [1.54, 1.807) is 38.4 Å². The highest BCUT2D eigenvalue weighted by molar-refractivity contribution is 5.99. The molecule has 1 aromatic carbocycles. The zero-order valence-corrected chi connectivity index (χ0v) is 14.9. The molecule has 0 aliphatic heterocycles. The van der Waals surface area contributed by atoms with E-state index in [0.29, 0.717) is 5.56 Å². The summed E-state index contributed by atoms with van der Waals surface area (Å²) in [6.45, 7) is 7.27. The fourth-order valence-corrected chi connectivity index (χ4v) is 1.63. The summed E-state index contributed by atoms with van der Waals surface area (Å²) >= 11 is 0. The van der Waals surface area contributed by atoms with Crippen LogP contribution in [-0.4, -0.2) is 53.1 Å². The number of carbonyl (C=O) groups is 2. The van der Waals surface area contributed by atoms with Gasteiger partial charge in [0.25, 0.3) is 5.91 Å². The maximum absolute atomic E-state index is 11.5. The number of amides is 1. The van der Waals surface area contributed by atoms with Crippen molar-refractivity contribution in [2.24, 2.45) is 11.8 Å². The van der Waals surface area contributed by atoms with Crippen molar-refractivity contribution in [3.8, 4) is 0 Å². The maximum atomic E-state index is 11.5. The van der Waals surface area contributed by atoms with E-state index in [-0.39, 0.29) is 23.5 Å². The van der Waals surface area contributed by atoms with E-state index in [1.165, 1.54) is 4.90 Å². The summed E-state index contributed by atoms with van der Waals surface area (Å²) < 4.78 is 0. The number of ketones is 1. The Morgan fingerprint density at radius 3 is 1.61 bits per heavy atom. The normalized spacial score (nSPS) is 13.1. The van der Waals surface area contributed by atoms with Crippen molar-refractivity contribution in [2.45, 2.75) is 39.9 Å². The lowest BCUT2D eigenvalue weighted by Gasteiger charge is -2.18. The van der Waals surface area contributed by atoms with Gasteiger partial charge in [-0.15, -0.1) is 0 Å². The van der Waals surface area contributed by atoms with Crippen LogP contribution in [0.25, 0.3) is 0 Å². The molecule has 0 bridgehead atoms. The average Bonchev–Trinajstić information content (AvgIpc) is 2.53. The summed E-state index contributed by atoms with van der Waals surface area (Å²) in [6.07, 6.45) is -1.74. The lowest BCUT2D eigenvalue weighted by molar-refractivity contribution is -0.139. The van der Waals surface area contributed by atoms with Crippen LogP contribution < -0.4 is 0 Å². The summed E-state index contributed by atoms with van der Waals surface area (Å²) in [4.78, 5) is 23.9. The fourth-order valence-electron chi connectivity index (χ4n) is 1.63. The van der Waals surface area contributed by atoms with Gasteiger partial charge in [-0.05, 0) is 11.8 Å². The molecule has 5 heteroatoms. The van der Waals surface area contributed by atoms with Gasteiger partial charge in [-0.3, -0.25) is 9.59 Å². The Morgan fingerprint density at radius 1 is 0.870 bits per heavy atom. The second kappa shape index (κ2) is 10.1. The zero-order chi connectivity index (χ0) is 18.2. The molecule has 130 valence electrons. The van der Waals surface area contributed by atoms with Crippen LogP contribution in [0, 0.1) is 11.8 Å². The van der Waals surface area contributed by atoms with Gasteiger partial charge in [-0.2, -0.15) is 0 Å². The minimum Gasteiger partial charge on any atom is -0.385 e. The standard InChI is InChI=1S/C11H14O2.C7H15NO2/c1-8(2)10(12)11(13)9-6-4-3-5-7-9;1-5(2)6(9)7(10)8(3)4/h3-8,10,12H,1-2H3;5-6,9H,1-4H3/t10-;6-/m00/s1. The van der Waals surface area contributed by atoms with Gasteiger partial charge < -0.3 is 15.1 Å². The highest BCUT2D eigenvalue weighted by Crippen LogP contribution is 2.09. The highest BCUT2D eigenvalue weighted by atomic mass is 16.3. The second-order valence-corrected chi connectivity index (χ2v) is 6.34. The number of aliphatic hydroxyl groups is 2. The van der Waals surface area contributed by atoms with Gasteiger partial charge in [-0.1, -0.05) is 58.0 Å². The van der Waals surface area contributed by atoms with Crippen LogP contribution in [0.3, 0.4) is 0 Å². The van der Waals surface area contributed by atoms with Crippen LogP contribution in [0.4, 0.5) is 0 Å². The molecule has 0 fully saturated rings. The molecule has 2 N–H and O–H groups in total. The summed E-state index contributed by atoms with van der Waals surface area (Å²) in [5, 5.41) is 18.7. The predicted molar refractivity (Wildman–Crippen MR) is 91.2 cm³/mol. The van der Waals surface area contributed by atoms with Crippen LogP contribution >= 0.6 is 0 Å². The molecule has 0 aliphatic rings. The van der Waals surface area contributed by atoms with Gasteiger partial charge in [0.15, 0.2) is 5.78 Å². The third kappa shape index (κ3) is 7.39. The summed E-state index contributed by atoms with van der Waals surface area (Å²) in [5.74, 6) is -0.465. The predicted octanol–water partition coefficient (Wildman–Crippen LogP) is 1.98. The van der Waals surface area contributed by atoms with Crippen molar-refractivity contribution in [3.05, 3.63) is 35.9 Å². The summed E-state index contributed by atoms with van der Waals surface area (Å²) in [7, 11) is 3.27. The highest BCUT2D eigenvalue weighted by Gasteiger charge is 2.20. The van der Waals surface area contributed by atoms with Gasteiger partial charge >= 0.3 is 0 Å². The lowest BCUT2D eigenvalue weighted by atomic mass is 9.98. The Bertz CT molecular complexity index is 483. The maximum Gasteiger partial charge on any atom is 0.251 e. The summed E-state index contributed by atoms with van der Waals surface area (Å²) in [6, 6.07) is 8.86. The SMILES string of the molecule is CC(C)[C@H](O)C(=O)N(C)C.CC(C)[C@H](O)C(=O)c1ccccc1. The molecule has 0 saturated heterocycles. The molecule has 0 unspecified atom stereocenters. The molecule has 1 amide bonds. The van der Waals surface area contributed by atoms with Crippen molar-refractivity contribution in [3.63, 3.8) is 0 Å². The molecule has 0 aromatic heterocycles. The van der Waals surface area contributed by atoms with Crippen molar-refractivity contribution in [1.82, 2.24) is 4.90 Å². The smallest absolute Gasteiger partial charge is 0.251 e. The Kier molecular flexibility index (Phi) is 9.37. The molecule has 0 spiro atoms. The molecule has 0 saturated carbocycles. The van der Waals surface area contributed by atoms with Crippen LogP contribution in [0.2, 0.25) is 0 Å². The Morgan fingerprint density at radius 2 is 1.30 bits per heavy atom. The van der Waals surface area contributed by atoms with Crippen LogP contribution in [0.5, 0.6) is 0 Å². The quantitative estimate of drug-likeness (QED) is 0.812. The van der Waals surface area contributed by atoms with E-state index in [2.05, 4.69) is 0 Å². The molecule has 0 radical (unpaired) electrons. The molecular formula is C18H29NO4. The number of carbonyl (C=O) groups excluding carboxylic acids is 2. The summed E-state index contributed by atoms with van der Waals surface area (Å²) in [5.41, 5.74) is 0.573. The first kappa shape index (κ1) is 21.3. The van der Waals surface area contributed by atoms with Crippen LogP contribution in [0.15, 0.2) is 30.3 Å². The first-order chi connectivity index (χ1) is 10.6. The second-order valence-electron chi connectivity index (χ2n) is 6.34. The van der Waals surface area contributed by atoms with E-state index < -0.39 is 12.2 Å². The van der Waals surface area contributed by atoms with Crippen LogP contribution in [0.1, 0.15) is 38.1 Å². The van der Waals surface area contributed by atoms with Gasteiger partial charge in [0.05, 0.1) is 0 Å². The third-order valence-electron chi connectivity index (χ3n) is 3.28. The van der Waals surface area contributed by atoms with E-state index in [4.69, 9.17) is 0 Å². The molecule has 0 aliphatic carbocycles. The number of nitrogens with zero attached hydrogens (tertiary/aromatic N) is 1. The Hall–Kier alpha value is -1.72. The number of rotatable bonds is 5. The van der Waals surface area contributed by atoms with Crippen LogP contribution in [-0.2, 0) is 4.79 Å². The van der Waals surface area contributed by atoms with Gasteiger partial charge in [0.1, 0.15) is 12.2 Å². The minimum atomic E-state index is -0.887. The monoisotopic (exact) mass is 323 g/mol. The average molecular weight is 323 g/mol. The number of aliphatic hydroxyl groups excluding tert-OH is 2. The minimum absolute atomic E-state index is 0.00472. The third-order valence-corrected chi connectivity index (χ3v) is 3.28. The molecule has 5 nitrogen and oxygen atoms in total. The number of benzene rings is 1. The first-order valence-electron chi connectivity index (χ1n) is 7.76. The number of hydrogen-bond donors (Lipinski definition) is 2. The van der Waals surface area contributed by atoms with E-state index in [1.807, 2.05) is 33.8 Å². The molecule has 0 heterocycles. The number of likely N-dealkylation sites (N-methyl/N-ethyl adjacent to an activating group) is 1.